The predicted octanol–water partition coefficient (Wildman–Crippen LogP) is 2.92. The Bertz CT molecular complexity index is 504. The topological polar surface area (TPSA) is 48.5 Å². The van der Waals surface area contributed by atoms with Gasteiger partial charge in [-0.2, -0.15) is 0 Å². The first kappa shape index (κ1) is 19.7. The molecule has 0 spiro atoms. The monoisotopic (exact) mass is 346 g/mol. The third kappa shape index (κ3) is 6.31. The lowest BCUT2D eigenvalue weighted by Crippen LogP contribution is -2.45. The second kappa shape index (κ2) is 10.4. The van der Waals surface area contributed by atoms with E-state index in [0.29, 0.717) is 0 Å². The molecule has 1 aromatic rings. The lowest BCUT2D eigenvalue weighted by molar-refractivity contribution is -0.125. The highest BCUT2D eigenvalue weighted by Crippen LogP contribution is 2.21. The fourth-order valence-electron chi connectivity index (χ4n) is 3.53. The molecular formula is C20H34N4O. The van der Waals surface area contributed by atoms with Crippen LogP contribution in [-0.2, 0) is 4.79 Å². The molecule has 140 valence electrons. The minimum absolute atomic E-state index is 0.0704. The van der Waals surface area contributed by atoms with E-state index in [1.165, 1.54) is 0 Å². The van der Waals surface area contributed by atoms with E-state index in [9.17, 15) is 4.79 Å². The average Bonchev–Trinajstić information content (AvgIpc) is 2.66. The second-order valence-electron chi connectivity index (χ2n) is 7.05. The molecule has 5 nitrogen and oxygen atoms in total. The number of hydrogen-bond donors (Lipinski definition) is 1. The molecule has 0 aromatic carbocycles. The minimum Gasteiger partial charge on any atom is -0.356 e. The van der Waals surface area contributed by atoms with Crippen LogP contribution in [0.2, 0.25) is 0 Å². The van der Waals surface area contributed by atoms with Crippen molar-refractivity contribution in [2.24, 2.45) is 5.92 Å². The van der Waals surface area contributed by atoms with E-state index < -0.39 is 0 Å². The Kier molecular flexibility index (Phi) is 8.19. The molecule has 2 atom stereocenters. The number of pyridine rings is 1. The van der Waals surface area contributed by atoms with Gasteiger partial charge in [-0.3, -0.25) is 4.79 Å². The van der Waals surface area contributed by atoms with Gasteiger partial charge in [-0.15, -0.1) is 0 Å². The molecule has 1 N–H and O–H groups in total. The van der Waals surface area contributed by atoms with Crippen molar-refractivity contribution < 1.29 is 4.79 Å². The number of aromatic nitrogens is 1. The molecular weight excluding hydrogens is 312 g/mol. The van der Waals surface area contributed by atoms with Gasteiger partial charge < -0.3 is 15.1 Å². The Morgan fingerprint density at radius 1 is 1.40 bits per heavy atom. The first-order chi connectivity index (χ1) is 12.1. The van der Waals surface area contributed by atoms with Crippen LogP contribution in [0.15, 0.2) is 24.4 Å². The summed E-state index contributed by atoms with van der Waals surface area (Å²) in [5.74, 6) is 1.25. The quantitative estimate of drug-likeness (QED) is 0.747. The third-order valence-corrected chi connectivity index (χ3v) is 5.16. The normalized spacial score (nSPS) is 19.0. The standard InChI is InChI=1S/C20H34N4O/c1-4-23(5-2)14-8-10-17(3)22-20(25)18-11-9-15-24(16-18)19-12-6-7-13-21-19/h6-7,12-13,17-18H,4-5,8-11,14-16H2,1-3H3,(H,22,25)/t17-,18+/m1/s1. The zero-order valence-electron chi connectivity index (χ0n) is 16.1. The largest absolute Gasteiger partial charge is 0.356 e. The Hall–Kier alpha value is -1.62. The lowest BCUT2D eigenvalue weighted by Gasteiger charge is -2.33. The van der Waals surface area contributed by atoms with Crippen LogP contribution in [0.5, 0.6) is 0 Å². The number of anilines is 1. The van der Waals surface area contributed by atoms with Crippen LogP contribution in [0.1, 0.15) is 46.5 Å². The maximum atomic E-state index is 12.6. The Labute approximate surface area is 152 Å². The van der Waals surface area contributed by atoms with Crippen LogP contribution >= 0.6 is 0 Å². The zero-order chi connectivity index (χ0) is 18.1. The van der Waals surface area contributed by atoms with Crippen molar-refractivity contribution in [1.82, 2.24) is 15.2 Å². The van der Waals surface area contributed by atoms with Crippen molar-refractivity contribution in [1.29, 1.82) is 0 Å². The highest BCUT2D eigenvalue weighted by molar-refractivity contribution is 5.79. The molecule has 1 aliphatic heterocycles. The summed E-state index contributed by atoms with van der Waals surface area (Å²) >= 11 is 0. The molecule has 0 unspecified atom stereocenters. The van der Waals surface area contributed by atoms with Crippen molar-refractivity contribution in [3.63, 3.8) is 0 Å². The fraction of sp³-hybridized carbons (Fsp3) is 0.700. The number of rotatable bonds is 9. The first-order valence-corrected chi connectivity index (χ1v) is 9.82. The van der Waals surface area contributed by atoms with Gasteiger partial charge in [-0.05, 0) is 64.4 Å². The van der Waals surface area contributed by atoms with Crippen molar-refractivity contribution in [3.8, 4) is 0 Å². The summed E-state index contributed by atoms with van der Waals surface area (Å²) in [6.07, 6.45) is 6.01. The fourth-order valence-corrected chi connectivity index (χ4v) is 3.53. The van der Waals surface area contributed by atoms with Crippen molar-refractivity contribution in [2.75, 3.05) is 37.6 Å². The molecule has 0 bridgehead atoms. The number of carbonyl (C=O) groups is 1. The molecule has 1 aromatic heterocycles. The van der Waals surface area contributed by atoms with Gasteiger partial charge in [-0.1, -0.05) is 19.9 Å². The summed E-state index contributed by atoms with van der Waals surface area (Å²) in [6.45, 7) is 11.6. The third-order valence-electron chi connectivity index (χ3n) is 5.16. The summed E-state index contributed by atoms with van der Waals surface area (Å²) in [5.41, 5.74) is 0. The van der Waals surface area contributed by atoms with Gasteiger partial charge in [0.1, 0.15) is 5.82 Å². The molecule has 1 amide bonds. The van der Waals surface area contributed by atoms with Gasteiger partial charge in [0.15, 0.2) is 0 Å². The van der Waals surface area contributed by atoms with Crippen LogP contribution in [0, 0.1) is 5.92 Å². The van der Waals surface area contributed by atoms with Crippen LogP contribution < -0.4 is 10.2 Å². The highest BCUT2D eigenvalue weighted by atomic mass is 16.2. The predicted molar refractivity (Wildman–Crippen MR) is 104 cm³/mol. The minimum atomic E-state index is 0.0704. The molecule has 25 heavy (non-hydrogen) atoms. The lowest BCUT2D eigenvalue weighted by atomic mass is 9.96. The summed E-state index contributed by atoms with van der Waals surface area (Å²) in [5, 5.41) is 3.23. The first-order valence-electron chi connectivity index (χ1n) is 9.82. The summed E-state index contributed by atoms with van der Waals surface area (Å²) in [7, 11) is 0. The van der Waals surface area contributed by atoms with Gasteiger partial charge in [0, 0.05) is 25.3 Å². The van der Waals surface area contributed by atoms with Crippen LogP contribution in [0.3, 0.4) is 0 Å². The van der Waals surface area contributed by atoms with Crippen LogP contribution in [-0.4, -0.2) is 54.6 Å². The van der Waals surface area contributed by atoms with Crippen LogP contribution in [0.4, 0.5) is 5.82 Å². The molecule has 1 aliphatic rings. The molecule has 1 fully saturated rings. The molecule has 0 saturated carbocycles. The van der Waals surface area contributed by atoms with E-state index in [0.717, 1.165) is 64.2 Å². The summed E-state index contributed by atoms with van der Waals surface area (Å²) in [6, 6.07) is 6.20. The van der Waals surface area contributed by atoms with Crippen molar-refractivity contribution in [2.45, 2.75) is 52.5 Å². The number of nitrogens with zero attached hydrogens (tertiary/aromatic N) is 3. The van der Waals surface area contributed by atoms with Gasteiger partial charge in [0.2, 0.25) is 5.91 Å². The van der Waals surface area contributed by atoms with Gasteiger partial charge >= 0.3 is 0 Å². The molecule has 2 rings (SSSR count). The van der Waals surface area contributed by atoms with Crippen molar-refractivity contribution >= 4 is 11.7 Å². The highest BCUT2D eigenvalue weighted by Gasteiger charge is 2.27. The second-order valence-corrected chi connectivity index (χ2v) is 7.05. The van der Waals surface area contributed by atoms with Gasteiger partial charge in [0.25, 0.3) is 0 Å². The maximum absolute atomic E-state index is 12.6. The molecule has 5 heteroatoms. The Morgan fingerprint density at radius 3 is 2.88 bits per heavy atom. The SMILES string of the molecule is CCN(CC)CCC[C@@H](C)NC(=O)[C@H]1CCCN(c2ccccn2)C1. The van der Waals surface area contributed by atoms with Gasteiger partial charge in [-0.25, -0.2) is 4.98 Å². The van der Waals surface area contributed by atoms with E-state index in [4.69, 9.17) is 0 Å². The molecule has 0 radical (unpaired) electrons. The smallest absolute Gasteiger partial charge is 0.225 e. The number of hydrogen-bond acceptors (Lipinski definition) is 4. The molecule has 2 heterocycles. The number of piperidine rings is 1. The number of nitrogens with one attached hydrogen (secondary N) is 1. The van der Waals surface area contributed by atoms with E-state index in [2.05, 4.69) is 40.9 Å². The number of amides is 1. The van der Waals surface area contributed by atoms with Gasteiger partial charge in [0.05, 0.1) is 5.92 Å². The Balaban J connectivity index is 1.76. The van der Waals surface area contributed by atoms with E-state index in [-0.39, 0.29) is 17.9 Å². The zero-order valence-corrected chi connectivity index (χ0v) is 16.1. The summed E-state index contributed by atoms with van der Waals surface area (Å²) < 4.78 is 0. The molecule has 1 saturated heterocycles. The average molecular weight is 347 g/mol. The van der Waals surface area contributed by atoms with E-state index >= 15 is 0 Å². The van der Waals surface area contributed by atoms with Crippen molar-refractivity contribution in [3.05, 3.63) is 24.4 Å². The number of carbonyl (C=O) groups excluding carboxylic acids is 1. The van der Waals surface area contributed by atoms with Crippen LogP contribution in [0.25, 0.3) is 0 Å². The van der Waals surface area contributed by atoms with E-state index in [1.54, 1.807) is 0 Å². The maximum Gasteiger partial charge on any atom is 0.225 e. The molecule has 0 aliphatic carbocycles. The Morgan fingerprint density at radius 2 is 2.20 bits per heavy atom. The summed E-state index contributed by atoms with van der Waals surface area (Å²) in [4.78, 5) is 21.7. The van der Waals surface area contributed by atoms with E-state index in [1.807, 2.05) is 24.4 Å².